The molecule has 0 aliphatic heterocycles. The summed E-state index contributed by atoms with van der Waals surface area (Å²) in [5.41, 5.74) is 8.08. The first-order valence-corrected chi connectivity index (χ1v) is 3.70. The average Bonchev–Trinajstić information content (AvgIpc) is 2.12. The number of rotatable bonds is 3. The summed E-state index contributed by atoms with van der Waals surface area (Å²) >= 11 is 0. The van der Waals surface area contributed by atoms with Crippen molar-refractivity contribution in [1.29, 1.82) is 0 Å². The Morgan fingerprint density at radius 1 is 1.36 bits per heavy atom. The quantitative estimate of drug-likeness (QED) is 0.329. The van der Waals surface area contributed by atoms with Gasteiger partial charge >= 0.3 is 0 Å². The standard InChI is InChI=1S/C8H7N3O3/c9-11-10-4-8(14)5-1-6(12)3-7(13)2-5/h1-3,12-13H,4H2. The Morgan fingerprint density at radius 3 is 2.43 bits per heavy atom. The number of hydrogen-bond donors (Lipinski definition) is 2. The highest BCUT2D eigenvalue weighted by atomic mass is 16.3. The second-order valence-electron chi connectivity index (χ2n) is 2.55. The lowest BCUT2D eigenvalue weighted by Crippen LogP contribution is -2.01. The van der Waals surface area contributed by atoms with Crippen molar-refractivity contribution in [3.8, 4) is 11.5 Å². The minimum atomic E-state index is -0.464. The Bertz CT molecular complexity index is 390. The van der Waals surface area contributed by atoms with Gasteiger partial charge in [-0.25, -0.2) is 0 Å². The predicted octanol–water partition coefficient (Wildman–Crippen LogP) is 1.59. The molecule has 0 heterocycles. The highest BCUT2D eigenvalue weighted by Gasteiger charge is 2.06. The number of Topliss-reactive ketones (excluding diaryl/α,β-unsaturated/α-hetero) is 1. The molecule has 0 amide bonds. The summed E-state index contributed by atoms with van der Waals surface area (Å²) in [5.74, 6) is -0.891. The lowest BCUT2D eigenvalue weighted by molar-refractivity contribution is 0.100. The van der Waals surface area contributed by atoms with Crippen LogP contribution in [0.3, 0.4) is 0 Å². The zero-order valence-corrected chi connectivity index (χ0v) is 7.08. The number of benzene rings is 1. The van der Waals surface area contributed by atoms with Crippen molar-refractivity contribution < 1.29 is 15.0 Å². The van der Waals surface area contributed by atoms with Gasteiger partial charge in [-0.2, -0.15) is 0 Å². The summed E-state index contributed by atoms with van der Waals surface area (Å²) in [7, 11) is 0. The second kappa shape index (κ2) is 4.15. The fourth-order valence-corrected chi connectivity index (χ4v) is 0.943. The van der Waals surface area contributed by atoms with Crippen molar-refractivity contribution in [2.24, 2.45) is 5.11 Å². The molecule has 1 aromatic carbocycles. The molecule has 1 aromatic rings. The van der Waals surface area contributed by atoms with E-state index >= 15 is 0 Å². The predicted molar refractivity (Wildman–Crippen MR) is 48.1 cm³/mol. The lowest BCUT2D eigenvalue weighted by atomic mass is 10.1. The van der Waals surface area contributed by atoms with Crippen LogP contribution in [0.1, 0.15) is 10.4 Å². The number of hydrogen-bond acceptors (Lipinski definition) is 4. The Labute approximate surface area is 79.0 Å². The molecule has 0 spiro atoms. The molecule has 6 nitrogen and oxygen atoms in total. The number of carbonyl (C=O) groups is 1. The van der Waals surface area contributed by atoms with Crippen molar-refractivity contribution in [1.82, 2.24) is 0 Å². The van der Waals surface area contributed by atoms with Crippen LogP contribution in [0, 0.1) is 0 Å². The molecular formula is C8H7N3O3. The van der Waals surface area contributed by atoms with E-state index in [-0.39, 0.29) is 23.6 Å². The van der Waals surface area contributed by atoms with Crippen LogP contribution in [0.2, 0.25) is 0 Å². The molecule has 0 radical (unpaired) electrons. The van der Waals surface area contributed by atoms with E-state index in [4.69, 9.17) is 15.7 Å². The van der Waals surface area contributed by atoms with Crippen molar-refractivity contribution in [3.05, 3.63) is 34.2 Å². The van der Waals surface area contributed by atoms with Gasteiger partial charge in [0, 0.05) is 16.5 Å². The molecule has 0 fully saturated rings. The third-order valence-electron chi connectivity index (χ3n) is 1.50. The van der Waals surface area contributed by atoms with Gasteiger partial charge < -0.3 is 10.2 Å². The van der Waals surface area contributed by atoms with Crippen molar-refractivity contribution >= 4 is 5.78 Å². The highest BCUT2D eigenvalue weighted by molar-refractivity contribution is 5.98. The van der Waals surface area contributed by atoms with Gasteiger partial charge in [0.1, 0.15) is 11.5 Å². The monoisotopic (exact) mass is 193 g/mol. The lowest BCUT2D eigenvalue weighted by Gasteiger charge is -1.99. The fraction of sp³-hybridized carbons (Fsp3) is 0.125. The molecule has 0 aromatic heterocycles. The Hall–Kier alpha value is -2.20. The van der Waals surface area contributed by atoms with Crippen LogP contribution in [0.15, 0.2) is 23.3 Å². The normalized spacial score (nSPS) is 9.14. The van der Waals surface area contributed by atoms with E-state index in [1.165, 1.54) is 12.1 Å². The van der Waals surface area contributed by atoms with E-state index in [2.05, 4.69) is 10.0 Å². The summed E-state index contributed by atoms with van der Waals surface area (Å²) in [6.07, 6.45) is 0. The van der Waals surface area contributed by atoms with Gasteiger partial charge in [0.05, 0.1) is 6.54 Å². The number of phenols is 2. The molecule has 0 saturated carbocycles. The fourth-order valence-electron chi connectivity index (χ4n) is 0.943. The minimum absolute atomic E-state index is 0.106. The molecule has 0 atom stereocenters. The van der Waals surface area contributed by atoms with Gasteiger partial charge in [0.25, 0.3) is 0 Å². The number of phenolic OH excluding ortho intramolecular Hbond substituents is 2. The van der Waals surface area contributed by atoms with Gasteiger partial charge in [-0.1, -0.05) is 5.11 Å². The van der Waals surface area contributed by atoms with Gasteiger partial charge in [-0.05, 0) is 17.7 Å². The van der Waals surface area contributed by atoms with Crippen molar-refractivity contribution in [2.75, 3.05) is 6.54 Å². The molecule has 1 rings (SSSR count). The highest BCUT2D eigenvalue weighted by Crippen LogP contribution is 2.20. The number of azide groups is 1. The molecule has 0 bridgehead atoms. The summed E-state index contributed by atoms with van der Waals surface area (Å²) in [6, 6.07) is 3.48. The molecule has 6 heteroatoms. The molecule has 72 valence electrons. The Morgan fingerprint density at radius 2 is 1.93 bits per heavy atom. The van der Waals surface area contributed by atoms with E-state index in [1.807, 2.05) is 0 Å². The van der Waals surface area contributed by atoms with E-state index in [1.54, 1.807) is 0 Å². The zero-order valence-electron chi connectivity index (χ0n) is 7.08. The summed E-state index contributed by atoms with van der Waals surface area (Å²) in [6.45, 7) is -0.334. The molecule has 0 aliphatic rings. The number of aromatic hydroxyl groups is 2. The summed E-state index contributed by atoms with van der Waals surface area (Å²) < 4.78 is 0. The number of ketones is 1. The van der Waals surface area contributed by atoms with Crippen LogP contribution in [-0.4, -0.2) is 22.5 Å². The van der Waals surface area contributed by atoms with Gasteiger partial charge in [-0.3, -0.25) is 4.79 Å². The van der Waals surface area contributed by atoms with Crippen LogP contribution < -0.4 is 0 Å². The van der Waals surface area contributed by atoms with Crippen LogP contribution in [-0.2, 0) is 0 Å². The first-order valence-electron chi connectivity index (χ1n) is 3.70. The van der Waals surface area contributed by atoms with Crippen LogP contribution >= 0.6 is 0 Å². The number of nitrogens with zero attached hydrogens (tertiary/aromatic N) is 3. The maximum absolute atomic E-state index is 11.2. The topological polar surface area (TPSA) is 106 Å². The zero-order chi connectivity index (χ0) is 10.6. The Kier molecular flexibility index (Phi) is 2.93. The SMILES string of the molecule is [N-]=[N+]=NCC(=O)c1cc(O)cc(O)c1. The smallest absolute Gasteiger partial charge is 0.168 e. The van der Waals surface area contributed by atoms with E-state index < -0.39 is 5.78 Å². The van der Waals surface area contributed by atoms with Crippen molar-refractivity contribution in [3.63, 3.8) is 0 Å². The van der Waals surface area contributed by atoms with Crippen LogP contribution in [0.4, 0.5) is 0 Å². The molecule has 0 unspecified atom stereocenters. The molecule has 2 N–H and O–H groups in total. The van der Waals surface area contributed by atoms with Crippen molar-refractivity contribution in [2.45, 2.75) is 0 Å². The molecular weight excluding hydrogens is 186 g/mol. The average molecular weight is 193 g/mol. The first kappa shape index (κ1) is 9.88. The third-order valence-corrected chi connectivity index (χ3v) is 1.50. The van der Waals surface area contributed by atoms with Gasteiger partial charge in [0.2, 0.25) is 0 Å². The van der Waals surface area contributed by atoms with Gasteiger partial charge in [0.15, 0.2) is 5.78 Å². The second-order valence-corrected chi connectivity index (χ2v) is 2.55. The van der Waals surface area contributed by atoms with Gasteiger partial charge in [-0.15, -0.1) is 0 Å². The molecule has 0 aliphatic carbocycles. The Balaban J connectivity index is 2.95. The largest absolute Gasteiger partial charge is 0.508 e. The van der Waals surface area contributed by atoms with Crippen LogP contribution in [0.5, 0.6) is 11.5 Å². The first-order chi connectivity index (χ1) is 6.63. The van der Waals surface area contributed by atoms with Crippen LogP contribution in [0.25, 0.3) is 10.4 Å². The number of carbonyl (C=O) groups excluding carboxylic acids is 1. The summed E-state index contributed by atoms with van der Waals surface area (Å²) in [5, 5.41) is 21.2. The van der Waals surface area contributed by atoms with E-state index in [0.717, 1.165) is 6.07 Å². The third kappa shape index (κ3) is 2.40. The maximum atomic E-state index is 11.2. The van der Waals surface area contributed by atoms with E-state index in [9.17, 15) is 4.79 Å². The van der Waals surface area contributed by atoms with E-state index in [0.29, 0.717) is 0 Å². The minimum Gasteiger partial charge on any atom is -0.508 e. The molecule has 14 heavy (non-hydrogen) atoms. The molecule has 0 saturated heterocycles. The maximum Gasteiger partial charge on any atom is 0.168 e. The summed E-state index contributed by atoms with van der Waals surface area (Å²) in [4.78, 5) is 13.6.